The summed E-state index contributed by atoms with van der Waals surface area (Å²) < 4.78 is 50.2. The maximum atomic E-state index is 13.9. The first kappa shape index (κ1) is 20.0. The van der Waals surface area contributed by atoms with E-state index in [1.165, 1.54) is 13.1 Å². The van der Waals surface area contributed by atoms with Gasteiger partial charge in [-0.3, -0.25) is 4.99 Å². The third kappa shape index (κ3) is 5.82. The van der Waals surface area contributed by atoms with Gasteiger partial charge in [-0.25, -0.2) is 4.39 Å². The van der Waals surface area contributed by atoms with E-state index in [1.54, 1.807) is 18.2 Å². The van der Waals surface area contributed by atoms with Gasteiger partial charge in [0.05, 0.1) is 6.42 Å². The number of alkyl halides is 3. The summed E-state index contributed by atoms with van der Waals surface area (Å²) in [5.74, 6) is 0.0497. The number of hydrogen-bond donors (Lipinski definition) is 2. The molecule has 1 aliphatic rings. The second kappa shape index (κ2) is 8.16. The molecule has 0 amide bonds. The van der Waals surface area contributed by atoms with Crippen LogP contribution in [0.5, 0.6) is 0 Å². The molecule has 1 saturated carbocycles. The molecule has 0 aromatic heterocycles. The van der Waals surface area contributed by atoms with Crippen molar-refractivity contribution in [3.05, 3.63) is 35.6 Å². The number of benzene rings is 1. The zero-order valence-corrected chi connectivity index (χ0v) is 15.0. The van der Waals surface area contributed by atoms with E-state index in [1.807, 2.05) is 0 Å². The molecule has 8 heteroatoms. The van der Waals surface area contributed by atoms with E-state index >= 15 is 0 Å². The molecule has 23 heavy (non-hydrogen) atoms. The number of hydrogen-bond acceptors (Lipinski definition) is 1. The first-order valence-electron chi connectivity index (χ1n) is 7.13. The molecule has 0 saturated heterocycles. The Morgan fingerprint density at radius 2 is 1.87 bits per heavy atom. The average molecular weight is 445 g/mol. The van der Waals surface area contributed by atoms with Crippen LogP contribution in [0.4, 0.5) is 17.6 Å². The Bertz CT molecular complexity index is 542. The molecule has 0 unspecified atom stereocenters. The van der Waals surface area contributed by atoms with Crippen LogP contribution in [-0.2, 0) is 5.41 Å². The van der Waals surface area contributed by atoms with Crippen LogP contribution in [0.25, 0.3) is 0 Å². The van der Waals surface area contributed by atoms with Gasteiger partial charge in [-0.05, 0) is 24.5 Å². The van der Waals surface area contributed by atoms with Gasteiger partial charge in [0, 0.05) is 25.6 Å². The van der Waals surface area contributed by atoms with Crippen molar-refractivity contribution in [3.63, 3.8) is 0 Å². The smallest absolute Gasteiger partial charge is 0.356 e. The van der Waals surface area contributed by atoms with Gasteiger partial charge in [0.2, 0.25) is 0 Å². The Balaban J connectivity index is 0.00000264. The van der Waals surface area contributed by atoms with E-state index < -0.39 is 12.6 Å². The second-order valence-electron chi connectivity index (χ2n) is 5.48. The Hall–Kier alpha value is -1.06. The summed E-state index contributed by atoms with van der Waals surface area (Å²) in [6, 6.07) is 6.60. The fourth-order valence-electron chi connectivity index (χ4n) is 2.38. The molecule has 0 atom stereocenters. The zero-order valence-electron chi connectivity index (χ0n) is 12.7. The molecule has 2 N–H and O–H groups in total. The van der Waals surface area contributed by atoms with E-state index in [0.29, 0.717) is 18.1 Å². The lowest BCUT2D eigenvalue weighted by molar-refractivity contribution is -0.132. The first-order chi connectivity index (χ1) is 10.4. The van der Waals surface area contributed by atoms with Gasteiger partial charge in [0.15, 0.2) is 5.96 Å². The number of nitrogens with zero attached hydrogens (tertiary/aromatic N) is 1. The zero-order chi connectivity index (χ0) is 16.2. The molecule has 1 fully saturated rings. The fraction of sp³-hybridized carbons (Fsp3) is 0.533. The molecule has 1 aromatic rings. The van der Waals surface area contributed by atoms with E-state index in [2.05, 4.69) is 15.6 Å². The van der Waals surface area contributed by atoms with Crippen LogP contribution in [0, 0.1) is 5.82 Å². The predicted molar refractivity (Wildman–Crippen MR) is 92.8 cm³/mol. The summed E-state index contributed by atoms with van der Waals surface area (Å²) in [6.45, 7) is 0.204. The normalized spacial score (nSPS) is 16.5. The summed E-state index contributed by atoms with van der Waals surface area (Å²) >= 11 is 0. The van der Waals surface area contributed by atoms with Crippen molar-refractivity contribution in [1.29, 1.82) is 0 Å². The number of rotatable bonds is 5. The van der Waals surface area contributed by atoms with Gasteiger partial charge in [-0.1, -0.05) is 18.2 Å². The monoisotopic (exact) mass is 445 g/mol. The molecule has 0 bridgehead atoms. The van der Waals surface area contributed by atoms with Gasteiger partial charge in [-0.2, -0.15) is 13.2 Å². The Labute approximate surface area is 150 Å². The molecule has 0 spiro atoms. The average Bonchev–Trinajstić information content (AvgIpc) is 3.23. The van der Waals surface area contributed by atoms with Crippen LogP contribution in [0.1, 0.15) is 24.8 Å². The van der Waals surface area contributed by atoms with Gasteiger partial charge < -0.3 is 10.6 Å². The number of aliphatic imine (C=N–C) groups is 1. The van der Waals surface area contributed by atoms with Crippen molar-refractivity contribution in [1.82, 2.24) is 10.6 Å². The third-order valence-electron chi connectivity index (χ3n) is 3.82. The Morgan fingerprint density at radius 1 is 1.22 bits per heavy atom. The second-order valence-corrected chi connectivity index (χ2v) is 5.48. The van der Waals surface area contributed by atoms with Crippen molar-refractivity contribution in [2.45, 2.75) is 30.9 Å². The summed E-state index contributed by atoms with van der Waals surface area (Å²) in [5, 5.41) is 5.61. The molecule has 2 rings (SSSR count). The fourth-order valence-corrected chi connectivity index (χ4v) is 2.38. The molecule has 1 aliphatic carbocycles. The van der Waals surface area contributed by atoms with E-state index in [9.17, 15) is 17.6 Å². The SMILES string of the molecule is CN=C(NCCC(F)(F)F)NCC1(c2ccccc2F)CC1.I. The van der Waals surface area contributed by atoms with Gasteiger partial charge in [0.1, 0.15) is 5.82 Å². The van der Waals surface area contributed by atoms with Crippen molar-refractivity contribution >= 4 is 29.9 Å². The number of halogens is 5. The Morgan fingerprint density at radius 3 is 2.39 bits per heavy atom. The number of nitrogens with one attached hydrogen (secondary N) is 2. The molecule has 3 nitrogen and oxygen atoms in total. The van der Waals surface area contributed by atoms with Crippen LogP contribution in [0.15, 0.2) is 29.3 Å². The molecule has 1 aromatic carbocycles. The van der Waals surface area contributed by atoms with Crippen LogP contribution < -0.4 is 10.6 Å². The summed E-state index contributed by atoms with van der Waals surface area (Å²) in [6.07, 6.45) is -3.43. The highest BCUT2D eigenvalue weighted by molar-refractivity contribution is 14.0. The summed E-state index contributed by atoms with van der Waals surface area (Å²) in [4.78, 5) is 3.89. The van der Waals surface area contributed by atoms with E-state index in [0.717, 1.165) is 12.8 Å². The molecular formula is C15H20F4IN3. The highest BCUT2D eigenvalue weighted by atomic mass is 127. The maximum absolute atomic E-state index is 13.9. The summed E-state index contributed by atoms with van der Waals surface area (Å²) in [5.41, 5.74) is 0.362. The molecule has 0 radical (unpaired) electrons. The minimum absolute atomic E-state index is 0. The molecule has 130 valence electrons. The van der Waals surface area contributed by atoms with Crippen molar-refractivity contribution in [2.24, 2.45) is 4.99 Å². The lowest BCUT2D eigenvalue weighted by atomic mass is 9.95. The quantitative estimate of drug-likeness (QED) is 0.315. The lowest BCUT2D eigenvalue weighted by Gasteiger charge is -2.19. The number of guanidine groups is 1. The largest absolute Gasteiger partial charge is 0.390 e. The van der Waals surface area contributed by atoms with Gasteiger partial charge in [-0.15, -0.1) is 24.0 Å². The maximum Gasteiger partial charge on any atom is 0.390 e. The van der Waals surface area contributed by atoms with Crippen LogP contribution in [-0.4, -0.2) is 32.3 Å². The molecule has 0 heterocycles. The van der Waals surface area contributed by atoms with Gasteiger partial charge in [0.25, 0.3) is 0 Å². The highest BCUT2D eigenvalue weighted by Crippen LogP contribution is 2.48. The van der Waals surface area contributed by atoms with Crippen molar-refractivity contribution < 1.29 is 17.6 Å². The third-order valence-corrected chi connectivity index (χ3v) is 3.82. The minimum Gasteiger partial charge on any atom is -0.356 e. The molecule has 0 aliphatic heterocycles. The van der Waals surface area contributed by atoms with Crippen molar-refractivity contribution in [3.8, 4) is 0 Å². The lowest BCUT2D eigenvalue weighted by Crippen LogP contribution is -2.42. The molecular weight excluding hydrogens is 425 g/mol. The minimum atomic E-state index is -4.20. The van der Waals surface area contributed by atoms with E-state index in [4.69, 9.17) is 0 Å². The standard InChI is InChI=1S/C15H19F4N3.HI/c1-20-13(21-9-8-15(17,18)19)22-10-14(6-7-14)11-4-2-3-5-12(11)16;/h2-5H,6-10H2,1H3,(H2,20,21,22);1H. The first-order valence-corrected chi connectivity index (χ1v) is 7.13. The highest BCUT2D eigenvalue weighted by Gasteiger charge is 2.45. The van der Waals surface area contributed by atoms with Crippen LogP contribution in [0.3, 0.4) is 0 Å². The van der Waals surface area contributed by atoms with Crippen molar-refractivity contribution in [2.75, 3.05) is 20.1 Å². The van der Waals surface area contributed by atoms with Crippen LogP contribution in [0.2, 0.25) is 0 Å². The van der Waals surface area contributed by atoms with E-state index in [-0.39, 0.29) is 41.8 Å². The van der Waals surface area contributed by atoms with Crippen LogP contribution >= 0.6 is 24.0 Å². The van der Waals surface area contributed by atoms with Gasteiger partial charge >= 0.3 is 6.18 Å². The summed E-state index contributed by atoms with van der Waals surface area (Å²) in [7, 11) is 1.49. The predicted octanol–water partition coefficient (Wildman–Crippen LogP) is 3.59. The Kier molecular flexibility index (Phi) is 7.09. The topological polar surface area (TPSA) is 36.4 Å².